The van der Waals surface area contributed by atoms with Crippen LogP contribution in [0.25, 0.3) is 11.3 Å². The first kappa shape index (κ1) is 13.8. The molecule has 5 nitrogen and oxygen atoms in total. The molecule has 1 heterocycles. The van der Waals surface area contributed by atoms with Gasteiger partial charge in [0.2, 0.25) is 5.91 Å². The van der Waals surface area contributed by atoms with E-state index in [0.717, 1.165) is 36.1 Å². The second-order valence-corrected chi connectivity index (χ2v) is 5.84. The molecule has 0 spiro atoms. The van der Waals surface area contributed by atoms with E-state index >= 15 is 0 Å². The minimum absolute atomic E-state index is 0.0369. The summed E-state index contributed by atoms with van der Waals surface area (Å²) in [5, 5.41) is 9.80. The van der Waals surface area contributed by atoms with Gasteiger partial charge in [-0.2, -0.15) is 5.10 Å². The van der Waals surface area contributed by atoms with Crippen LogP contribution in [0.1, 0.15) is 31.2 Å². The Bertz CT molecular complexity index is 600. The molecule has 1 saturated carbocycles. The first-order valence-electron chi connectivity index (χ1n) is 7.29. The maximum absolute atomic E-state index is 11.9. The average Bonchev–Trinajstić information content (AvgIpc) is 2.98. The van der Waals surface area contributed by atoms with E-state index in [-0.39, 0.29) is 11.4 Å². The molecule has 1 aromatic heterocycles. The topological polar surface area (TPSA) is 83.8 Å². The Morgan fingerprint density at radius 1 is 1.29 bits per heavy atom. The van der Waals surface area contributed by atoms with E-state index in [4.69, 9.17) is 5.73 Å². The number of benzene rings is 1. The highest BCUT2D eigenvalue weighted by Gasteiger charge is 2.34. The third-order valence-corrected chi connectivity index (χ3v) is 4.12. The molecule has 110 valence electrons. The number of aromatic nitrogens is 2. The molecular formula is C16H20N4O. The predicted molar refractivity (Wildman–Crippen MR) is 81.3 cm³/mol. The van der Waals surface area contributed by atoms with E-state index in [1.54, 1.807) is 6.20 Å². The highest BCUT2D eigenvalue weighted by atomic mass is 16.1. The largest absolute Gasteiger partial charge is 0.352 e. The molecule has 4 N–H and O–H groups in total. The van der Waals surface area contributed by atoms with Crippen molar-refractivity contribution in [2.24, 2.45) is 5.73 Å². The van der Waals surface area contributed by atoms with Gasteiger partial charge < -0.3 is 11.1 Å². The Labute approximate surface area is 123 Å². The Balaban J connectivity index is 1.52. The molecule has 1 aliphatic rings. The number of carbonyl (C=O) groups excluding carboxylic acids is 1. The van der Waals surface area contributed by atoms with Crippen LogP contribution < -0.4 is 11.1 Å². The maximum atomic E-state index is 11.9. The number of rotatable bonds is 5. The third-order valence-electron chi connectivity index (χ3n) is 4.12. The lowest BCUT2D eigenvalue weighted by Crippen LogP contribution is -2.49. The SMILES string of the molecule is NC1(CC(=O)NCc2ccc(-c3ccn[nH]3)cc2)CCC1. The van der Waals surface area contributed by atoms with Crippen LogP contribution >= 0.6 is 0 Å². The standard InChI is InChI=1S/C16H20N4O/c17-16(7-1-8-16)10-15(21)18-11-12-2-4-13(5-3-12)14-6-9-19-20-14/h2-6,9H,1,7-8,10-11,17H2,(H,18,21)(H,19,20). The van der Waals surface area contributed by atoms with Gasteiger partial charge in [0.1, 0.15) is 0 Å². The summed E-state index contributed by atoms with van der Waals surface area (Å²) < 4.78 is 0. The first-order valence-corrected chi connectivity index (χ1v) is 7.29. The molecule has 3 rings (SSSR count). The number of H-pyrrole nitrogens is 1. The Morgan fingerprint density at radius 2 is 2.05 bits per heavy atom. The van der Waals surface area contributed by atoms with Gasteiger partial charge in [0, 0.05) is 24.7 Å². The van der Waals surface area contributed by atoms with E-state index < -0.39 is 0 Å². The fourth-order valence-corrected chi connectivity index (χ4v) is 2.61. The second-order valence-electron chi connectivity index (χ2n) is 5.84. The Kier molecular flexibility index (Phi) is 3.75. The van der Waals surface area contributed by atoms with Gasteiger partial charge in [0.05, 0.1) is 5.69 Å². The second kappa shape index (κ2) is 5.69. The zero-order valence-corrected chi connectivity index (χ0v) is 11.9. The summed E-state index contributed by atoms with van der Waals surface area (Å²) in [6.07, 6.45) is 5.21. The zero-order chi connectivity index (χ0) is 14.7. The van der Waals surface area contributed by atoms with Crippen LogP contribution in [0.5, 0.6) is 0 Å². The Morgan fingerprint density at radius 3 is 2.62 bits per heavy atom. The van der Waals surface area contributed by atoms with Crippen molar-refractivity contribution in [3.63, 3.8) is 0 Å². The maximum Gasteiger partial charge on any atom is 0.222 e. The molecule has 0 atom stereocenters. The summed E-state index contributed by atoms with van der Waals surface area (Å²) in [5.74, 6) is 0.0369. The zero-order valence-electron chi connectivity index (χ0n) is 11.9. The van der Waals surface area contributed by atoms with Crippen LogP contribution in [0.4, 0.5) is 0 Å². The number of amides is 1. The van der Waals surface area contributed by atoms with Crippen LogP contribution in [-0.2, 0) is 11.3 Å². The van der Waals surface area contributed by atoms with Crippen LogP contribution in [-0.4, -0.2) is 21.6 Å². The quantitative estimate of drug-likeness (QED) is 0.784. The molecule has 0 unspecified atom stereocenters. The van der Waals surface area contributed by atoms with Crippen molar-refractivity contribution in [3.05, 3.63) is 42.1 Å². The summed E-state index contributed by atoms with van der Waals surface area (Å²) in [6, 6.07) is 9.99. The number of nitrogens with zero attached hydrogens (tertiary/aromatic N) is 1. The van der Waals surface area contributed by atoms with Gasteiger partial charge in [-0.15, -0.1) is 0 Å². The lowest BCUT2D eigenvalue weighted by Gasteiger charge is -2.37. The van der Waals surface area contributed by atoms with E-state index in [1.807, 2.05) is 30.3 Å². The van der Waals surface area contributed by atoms with Crippen molar-refractivity contribution in [1.82, 2.24) is 15.5 Å². The predicted octanol–water partition coefficient (Wildman–Crippen LogP) is 1.96. The van der Waals surface area contributed by atoms with Gasteiger partial charge >= 0.3 is 0 Å². The van der Waals surface area contributed by atoms with Crippen molar-refractivity contribution in [1.29, 1.82) is 0 Å². The fraction of sp³-hybridized carbons (Fsp3) is 0.375. The van der Waals surface area contributed by atoms with E-state index in [2.05, 4.69) is 15.5 Å². The molecular weight excluding hydrogens is 264 g/mol. The van der Waals surface area contributed by atoms with Crippen LogP contribution in [0.2, 0.25) is 0 Å². The summed E-state index contributed by atoms with van der Waals surface area (Å²) in [5.41, 5.74) is 8.96. The average molecular weight is 284 g/mol. The summed E-state index contributed by atoms with van der Waals surface area (Å²) in [7, 11) is 0. The summed E-state index contributed by atoms with van der Waals surface area (Å²) in [6.45, 7) is 0.540. The number of hydrogen-bond acceptors (Lipinski definition) is 3. The van der Waals surface area contributed by atoms with Gasteiger partial charge in [-0.1, -0.05) is 24.3 Å². The minimum Gasteiger partial charge on any atom is -0.352 e. The minimum atomic E-state index is -0.255. The van der Waals surface area contributed by atoms with Gasteiger partial charge in [0.15, 0.2) is 0 Å². The van der Waals surface area contributed by atoms with E-state index in [1.165, 1.54) is 0 Å². The third kappa shape index (κ3) is 3.31. The van der Waals surface area contributed by atoms with Gasteiger partial charge in [-0.05, 0) is 36.5 Å². The first-order chi connectivity index (χ1) is 10.1. The number of aromatic amines is 1. The number of carbonyl (C=O) groups is 1. The smallest absolute Gasteiger partial charge is 0.222 e. The lowest BCUT2D eigenvalue weighted by molar-refractivity contribution is -0.123. The molecule has 0 radical (unpaired) electrons. The molecule has 0 saturated heterocycles. The van der Waals surface area contributed by atoms with E-state index in [0.29, 0.717) is 13.0 Å². The molecule has 1 fully saturated rings. The normalized spacial score (nSPS) is 16.2. The van der Waals surface area contributed by atoms with Crippen molar-refractivity contribution in [2.75, 3.05) is 0 Å². The fourth-order valence-electron chi connectivity index (χ4n) is 2.61. The van der Waals surface area contributed by atoms with Crippen molar-refractivity contribution < 1.29 is 4.79 Å². The number of nitrogens with two attached hydrogens (primary N) is 1. The molecule has 21 heavy (non-hydrogen) atoms. The molecule has 2 aromatic rings. The summed E-state index contributed by atoms with van der Waals surface area (Å²) in [4.78, 5) is 11.9. The number of hydrogen-bond donors (Lipinski definition) is 3. The lowest BCUT2D eigenvalue weighted by atomic mass is 9.75. The summed E-state index contributed by atoms with van der Waals surface area (Å²) >= 11 is 0. The van der Waals surface area contributed by atoms with Crippen LogP contribution in [0.15, 0.2) is 36.5 Å². The molecule has 1 amide bonds. The molecule has 5 heteroatoms. The molecule has 0 bridgehead atoms. The van der Waals surface area contributed by atoms with Crippen LogP contribution in [0.3, 0.4) is 0 Å². The highest BCUT2D eigenvalue weighted by molar-refractivity contribution is 5.77. The van der Waals surface area contributed by atoms with E-state index in [9.17, 15) is 4.79 Å². The molecule has 1 aliphatic carbocycles. The van der Waals surface area contributed by atoms with Gasteiger partial charge in [-0.25, -0.2) is 0 Å². The van der Waals surface area contributed by atoms with Crippen LogP contribution in [0, 0.1) is 0 Å². The van der Waals surface area contributed by atoms with Crippen molar-refractivity contribution in [3.8, 4) is 11.3 Å². The van der Waals surface area contributed by atoms with Crippen molar-refractivity contribution in [2.45, 2.75) is 37.8 Å². The highest BCUT2D eigenvalue weighted by Crippen LogP contribution is 2.31. The molecule has 1 aromatic carbocycles. The number of nitrogens with one attached hydrogen (secondary N) is 2. The van der Waals surface area contributed by atoms with Gasteiger partial charge in [-0.3, -0.25) is 9.89 Å². The monoisotopic (exact) mass is 284 g/mol. The van der Waals surface area contributed by atoms with Crippen molar-refractivity contribution >= 4 is 5.91 Å². The Hall–Kier alpha value is -2.14. The van der Waals surface area contributed by atoms with Gasteiger partial charge in [0.25, 0.3) is 0 Å². The molecule has 0 aliphatic heterocycles.